The SMILES string of the molecule is CC(C)=CC(B1OC(C)(C)C(C)(C)O1)B1OC(C)(C)C(C)(C)O1. The van der Waals surface area contributed by atoms with Gasteiger partial charge in [-0.3, -0.25) is 0 Å². The Morgan fingerprint density at radius 3 is 1.13 bits per heavy atom. The zero-order valence-corrected chi connectivity index (χ0v) is 16.4. The first-order valence-corrected chi connectivity index (χ1v) is 8.55. The van der Waals surface area contributed by atoms with Gasteiger partial charge in [0.15, 0.2) is 0 Å². The lowest BCUT2D eigenvalue weighted by Gasteiger charge is -2.32. The van der Waals surface area contributed by atoms with E-state index in [2.05, 4.69) is 75.3 Å². The van der Waals surface area contributed by atoms with Gasteiger partial charge in [0.2, 0.25) is 0 Å². The second-order valence-corrected chi connectivity index (χ2v) is 9.07. The Hall–Kier alpha value is -0.290. The largest absolute Gasteiger partial charge is 0.462 e. The molecule has 0 aromatic heterocycles. The van der Waals surface area contributed by atoms with Crippen molar-refractivity contribution in [2.24, 2.45) is 0 Å². The van der Waals surface area contributed by atoms with Crippen molar-refractivity contribution in [1.29, 1.82) is 0 Å². The summed E-state index contributed by atoms with van der Waals surface area (Å²) in [6.07, 6.45) is 2.14. The summed E-state index contributed by atoms with van der Waals surface area (Å²) in [5.41, 5.74) is -0.379. The molecule has 0 unspecified atom stereocenters. The topological polar surface area (TPSA) is 36.9 Å². The first-order valence-electron chi connectivity index (χ1n) is 8.55. The van der Waals surface area contributed by atoms with E-state index in [1.54, 1.807) is 0 Å². The lowest BCUT2D eigenvalue weighted by atomic mass is 9.51. The van der Waals surface area contributed by atoms with E-state index < -0.39 is 0 Å². The third-order valence-electron chi connectivity index (χ3n) is 5.70. The molecule has 0 amide bonds. The second kappa shape index (κ2) is 5.62. The van der Waals surface area contributed by atoms with Crippen LogP contribution in [-0.2, 0) is 18.6 Å². The van der Waals surface area contributed by atoms with E-state index in [4.69, 9.17) is 18.6 Å². The first kappa shape index (κ1) is 19.0. The highest BCUT2D eigenvalue weighted by molar-refractivity contribution is 6.69. The zero-order valence-electron chi connectivity index (χ0n) is 16.4. The molecule has 0 saturated carbocycles. The molecule has 2 saturated heterocycles. The molecule has 130 valence electrons. The van der Waals surface area contributed by atoms with Gasteiger partial charge in [0, 0.05) is 5.72 Å². The highest BCUT2D eigenvalue weighted by Crippen LogP contribution is 2.45. The van der Waals surface area contributed by atoms with Crippen molar-refractivity contribution in [2.45, 2.75) is 97.4 Å². The Labute approximate surface area is 142 Å². The minimum atomic E-state index is -0.385. The minimum absolute atomic E-state index is 0.109. The van der Waals surface area contributed by atoms with Gasteiger partial charge in [-0.2, -0.15) is 0 Å². The van der Waals surface area contributed by atoms with Gasteiger partial charge >= 0.3 is 14.2 Å². The standard InChI is InChI=1S/C17H32B2O4/c1-12(2)11-13(18-20-14(3,4)15(5,6)21-18)19-22-16(7,8)17(9,10)23-19/h11,13H,1-10H3. The summed E-state index contributed by atoms with van der Waals surface area (Å²) in [7, 11) is -0.769. The van der Waals surface area contributed by atoms with Gasteiger partial charge in [0.25, 0.3) is 0 Å². The van der Waals surface area contributed by atoms with E-state index in [-0.39, 0.29) is 42.4 Å². The quantitative estimate of drug-likeness (QED) is 0.580. The Kier molecular flexibility index (Phi) is 4.65. The molecular formula is C17H32B2O4. The summed E-state index contributed by atoms with van der Waals surface area (Å²) in [5.74, 6) is 0. The summed E-state index contributed by atoms with van der Waals surface area (Å²) >= 11 is 0. The highest BCUT2D eigenvalue weighted by atomic mass is 16.7. The van der Waals surface area contributed by atoms with Crippen molar-refractivity contribution in [3.63, 3.8) is 0 Å². The van der Waals surface area contributed by atoms with Crippen LogP contribution < -0.4 is 0 Å². The zero-order chi connectivity index (χ0) is 17.8. The van der Waals surface area contributed by atoms with Gasteiger partial charge in [0.1, 0.15) is 0 Å². The average molecular weight is 322 g/mol. The lowest BCUT2D eigenvalue weighted by molar-refractivity contribution is 0.00578. The Balaban J connectivity index is 2.29. The monoisotopic (exact) mass is 322 g/mol. The highest BCUT2D eigenvalue weighted by Gasteiger charge is 2.61. The van der Waals surface area contributed by atoms with Crippen molar-refractivity contribution >= 4 is 14.2 Å². The Morgan fingerprint density at radius 2 is 0.913 bits per heavy atom. The number of rotatable bonds is 3. The van der Waals surface area contributed by atoms with Crippen molar-refractivity contribution in [3.05, 3.63) is 11.6 Å². The number of allylic oxidation sites excluding steroid dienone is 2. The smallest absolute Gasteiger partial charge is 0.403 e. The molecule has 2 heterocycles. The molecule has 23 heavy (non-hydrogen) atoms. The third-order valence-corrected chi connectivity index (χ3v) is 5.70. The molecule has 0 spiro atoms. The van der Waals surface area contributed by atoms with Crippen LogP contribution in [0.5, 0.6) is 0 Å². The van der Waals surface area contributed by atoms with Gasteiger partial charge in [-0.1, -0.05) is 11.6 Å². The van der Waals surface area contributed by atoms with E-state index >= 15 is 0 Å². The van der Waals surface area contributed by atoms with Gasteiger partial charge < -0.3 is 18.6 Å². The third kappa shape index (κ3) is 3.41. The van der Waals surface area contributed by atoms with Gasteiger partial charge in [-0.05, 0) is 69.2 Å². The van der Waals surface area contributed by atoms with E-state index in [9.17, 15) is 0 Å². The predicted octanol–water partition coefficient (Wildman–Crippen LogP) is 4.05. The lowest BCUT2D eigenvalue weighted by Crippen LogP contribution is -2.41. The fourth-order valence-electron chi connectivity index (χ4n) is 2.76. The molecule has 0 atom stereocenters. The fraction of sp³-hybridized carbons (Fsp3) is 0.882. The summed E-state index contributed by atoms with van der Waals surface area (Å²) in [4.78, 5) is 0. The van der Waals surface area contributed by atoms with Crippen LogP contribution in [0.2, 0.25) is 5.72 Å². The van der Waals surface area contributed by atoms with Crippen LogP contribution in [0.4, 0.5) is 0 Å². The minimum Gasteiger partial charge on any atom is -0.403 e. The molecule has 0 aliphatic carbocycles. The Bertz CT molecular complexity index is 425. The summed E-state index contributed by atoms with van der Waals surface area (Å²) in [6.45, 7) is 20.7. The van der Waals surface area contributed by atoms with E-state index in [1.807, 2.05) is 0 Å². The van der Waals surface area contributed by atoms with Gasteiger partial charge in [-0.25, -0.2) is 0 Å². The Morgan fingerprint density at radius 1 is 0.652 bits per heavy atom. The molecule has 0 N–H and O–H groups in total. The maximum atomic E-state index is 6.25. The van der Waals surface area contributed by atoms with E-state index in [0.29, 0.717) is 0 Å². The normalized spacial score (nSPS) is 27.6. The van der Waals surface area contributed by atoms with Crippen molar-refractivity contribution in [3.8, 4) is 0 Å². The van der Waals surface area contributed by atoms with Crippen LogP contribution in [0.3, 0.4) is 0 Å². The molecule has 2 fully saturated rings. The number of hydrogen-bond donors (Lipinski definition) is 0. The molecule has 0 radical (unpaired) electrons. The maximum absolute atomic E-state index is 6.25. The summed E-state index contributed by atoms with van der Waals surface area (Å²) in [6, 6.07) is 0. The molecule has 6 heteroatoms. The van der Waals surface area contributed by atoms with Crippen LogP contribution in [0.1, 0.15) is 69.2 Å². The molecule has 2 aliphatic heterocycles. The van der Waals surface area contributed by atoms with Crippen molar-refractivity contribution in [1.82, 2.24) is 0 Å². The molecule has 4 nitrogen and oxygen atoms in total. The van der Waals surface area contributed by atoms with Crippen LogP contribution >= 0.6 is 0 Å². The maximum Gasteiger partial charge on any atom is 0.462 e. The van der Waals surface area contributed by atoms with E-state index in [1.165, 1.54) is 5.57 Å². The molecular weight excluding hydrogens is 290 g/mol. The molecule has 0 aromatic carbocycles. The summed E-state index contributed by atoms with van der Waals surface area (Å²) in [5, 5.41) is 0. The number of hydrogen-bond acceptors (Lipinski definition) is 4. The van der Waals surface area contributed by atoms with Crippen molar-refractivity contribution in [2.75, 3.05) is 0 Å². The van der Waals surface area contributed by atoms with Crippen molar-refractivity contribution < 1.29 is 18.6 Å². The van der Waals surface area contributed by atoms with E-state index in [0.717, 1.165) is 0 Å². The first-order chi connectivity index (χ1) is 10.2. The van der Waals surface area contributed by atoms with Gasteiger partial charge in [-0.15, -0.1) is 0 Å². The predicted molar refractivity (Wildman–Crippen MR) is 95.3 cm³/mol. The fourth-order valence-corrected chi connectivity index (χ4v) is 2.76. The van der Waals surface area contributed by atoms with Gasteiger partial charge in [0.05, 0.1) is 22.4 Å². The molecule has 2 rings (SSSR count). The molecule has 0 aromatic rings. The molecule has 2 aliphatic rings. The van der Waals surface area contributed by atoms with Crippen LogP contribution in [0.15, 0.2) is 11.6 Å². The van der Waals surface area contributed by atoms with Crippen LogP contribution in [0, 0.1) is 0 Å². The van der Waals surface area contributed by atoms with Crippen LogP contribution in [0.25, 0.3) is 0 Å². The molecule has 0 bridgehead atoms. The second-order valence-electron chi connectivity index (χ2n) is 9.07. The summed E-state index contributed by atoms with van der Waals surface area (Å²) < 4.78 is 25.0. The van der Waals surface area contributed by atoms with Crippen LogP contribution in [-0.4, -0.2) is 36.6 Å². The average Bonchev–Trinajstić information content (AvgIpc) is 2.65.